The maximum atomic E-state index is 13.9. The first kappa shape index (κ1) is 15.4. The van der Waals surface area contributed by atoms with Crippen molar-refractivity contribution in [1.82, 2.24) is 4.90 Å². The zero-order valence-corrected chi connectivity index (χ0v) is 11.8. The number of halogens is 1. The van der Waals surface area contributed by atoms with Crippen LogP contribution in [0.3, 0.4) is 0 Å². The van der Waals surface area contributed by atoms with Crippen molar-refractivity contribution in [2.45, 2.75) is 25.8 Å². The molecule has 1 saturated heterocycles. The Kier molecular flexibility index (Phi) is 4.52. The minimum Gasteiger partial charge on any atom is -0.338 e. The summed E-state index contributed by atoms with van der Waals surface area (Å²) in [5.41, 5.74) is 5.37. The molecule has 2 rings (SSSR count). The summed E-state index contributed by atoms with van der Waals surface area (Å²) in [6, 6.07) is 3.07. The van der Waals surface area contributed by atoms with E-state index in [0.29, 0.717) is 13.1 Å². The number of non-ortho nitro benzene ring substituents is 1. The van der Waals surface area contributed by atoms with E-state index in [2.05, 4.69) is 0 Å². The van der Waals surface area contributed by atoms with Gasteiger partial charge in [0.25, 0.3) is 11.6 Å². The average molecular weight is 295 g/mol. The minimum atomic E-state index is -0.864. The number of carbonyl (C=O) groups excluding carboxylic acids is 1. The van der Waals surface area contributed by atoms with E-state index in [4.69, 9.17) is 5.73 Å². The van der Waals surface area contributed by atoms with Crippen molar-refractivity contribution >= 4 is 11.6 Å². The third kappa shape index (κ3) is 3.36. The highest BCUT2D eigenvalue weighted by atomic mass is 19.1. The Labute approximate surface area is 121 Å². The van der Waals surface area contributed by atoms with E-state index in [1.54, 1.807) is 4.90 Å². The second-order valence-corrected chi connectivity index (χ2v) is 5.43. The predicted octanol–water partition coefficient (Wildman–Crippen LogP) is 1.93. The molecule has 6 nitrogen and oxygen atoms in total. The highest BCUT2D eigenvalue weighted by Gasteiger charge is 2.28. The second-order valence-electron chi connectivity index (χ2n) is 5.43. The quantitative estimate of drug-likeness (QED) is 0.681. The number of benzene rings is 1. The number of hydrogen-bond acceptors (Lipinski definition) is 4. The fraction of sp³-hybridized carbons (Fsp3) is 0.500. The number of nitrogens with two attached hydrogens (primary N) is 1. The van der Waals surface area contributed by atoms with E-state index < -0.39 is 16.6 Å². The van der Waals surface area contributed by atoms with Crippen LogP contribution in [0.4, 0.5) is 10.1 Å². The second kappa shape index (κ2) is 6.17. The maximum Gasteiger partial charge on any atom is 0.272 e. The van der Waals surface area contributed by atoms with Gasteiger partial charge in [0.05, 0.1) is 16.6 Å². The SMILES string of the molecule is CC(N)C1CCCN(C(=O)c2ccc([N+](=O)[O-])cc2F)C1. The van der Waals surface area contributed by atoms with Crippen molar-refractivity contribution in [1.29, 1.82) is 0 Å². The molecule has 0 spiro atoms. The summed E-state index contributed by atoms with van der Waals surface area (Å²) in [5.74, 6) is -1.10. The van der Waals surface area contributed by atoms with Gasteiger partial charge in [-0.1, -0.05) is 0 Å². The number of amides is 1. The number of hydrogen-bond donors (Lipinski definition) is 1. The van der Waals surface area contributed by atoms with Crippen LogP contribution >= 0.6 is 0 Å². The lowest BCUT2D eigenvalue weighted by molar-refractivity contribution is -0.385. The number of nitro benzene ring substituents is 1. The van der Waals surface area contributed by atoms with Crippen LogP contribution in [0.25, 0.3) is 0 Å². The van der Waals surface area contributed by atoms with E-state index in [9.17, 15) is 19.3 Å². The minimum absolute atomic E-state index is 0.0256. The Morgan fingerprint density at radius 2 is 2.29 bits per heavy atom. The molecule has 7 heteroatoms. The van der Waals surface area contributed by atoms with Crippen LogP contribution in [0.15, 0.2) is 18.2 Å². The molecular formula is C14H18FN3O3. The third-order valence-electron chi connectivity index (χ3n) is 3.88. The van der Waals surface area contributed by atoms with Crippen LogP contribution in [0.5, 0.6) is 0 Å². The number of nitrogens with zero attached hydrogens (tertiary/aromatic N) is 2. The van der Waals surface area contributed by atoms with Crippen molar-refractivity contribution in [3.63, 3.8) is 0 Å². The Hall–Kier alpha value is -2.02. The Balaban J connectivity index is 2.18. The smallest absolute Gasteiger partial charge is 0.272 e. The Morgan fingerprint density at radius 1 is 1.57 bits per heavy atom. The van der Waals surface area contributed by atoms with Gasteiger partial charge in [0, 0.05) is 25.2 Å². The van der Waals surface area contributed by atoms with Crippen molar-refractivity contribution in [2.24, 2.45) is 11.7 Å². The van der Waals surface area contributed by atoms with Crippen molar-refractivity contribution in [2.75, 3.05) is 13.1 Å². The van der Waals surface area contributed by atoms with E-state index in [0.717, 1.165) is 25.0 Å². The van der Waals surface area contributed by atoms with Gasteiger partial charge in [0.15, 0.2) is 0 Å². The predicted molar refractivity (Wildman–Crippen MR) is 75.3 cm³/mol. The van der Waals surface area contributed by atoms with Gasteiger partial charge in [-0.2, -0.15) is 0 Å². The Bertz CT molecular complexity index is 562. The largest absolute Gasteiger partial charge is 0.338 e. The van der Waals surface area contributed by atoms with Gasteiger partial charge in [-0.3, -0.25) is 14.9 Å². The first-order chi connectivity index (χ1) is 9.90. The van der Waals surface area contributed by atoms with E-state index in [1.165, 1.54) is 6.07 Å². The van der Waals surface area contributed by atoms with Crippen LogP contribution < -0.4 is 5.73 Å². The molecule has 2 atom stereocenters. The molecule has 114 valence electrons. The molecule has 0 aliphatic carbocycles. The fourth-order valence-electron chi connectivity index (χ4n) is 2.58. The first-order valence-electron chi connectivity index (χ1n) is 6.89. The normalized spacial score (nSPS) is 20.1. The lowest BCUT2D eigenvalue weighted by atomic mass is 9.92. The topological polar surface area (TPSA) is 89.5 Å². The summed E-state index contributed by atoms with van der Waals surface area (Å²) >= 11 is 0. The average Bonchev–Trinajstić information content (AvgIpc) is 2.46. The van der Waals surface area contributed by atoms with Gasteiger partial charge in [0.2, 0.25) is 0 Å². The molecule has 1 aliphatic heterocycles. The van der Waals surface area contributed by atoms with Crippen molar-refractivity contribution < 1.29 is 14.1 Å². The van der Waals surface area contributed by atoms with Crippen molar-refractivity contribution in [3.8, 4) is 0 Å². The molecule has 2 unspecified atom stereocenters. The first-order valence-corrected chi connectivity index (χ1v) is 6.89. The van der Waals surface area contributed by atoms with Crippen LogP contribution in [-0.4, -0.2) is 34.9 Å². The van der Waals surface area contributed by atoms with Crippen LogP contribution in [0, 0.1) is 21.8 Å². The standard InChI is InChI=1S/C14H18FN3O3/c1-9(16)10-3-2-6-17(8-10)14(19)12-5-4-11(18(20)21)7-13(12)15/h4-5,7,9-10H,2-3,6,8,16H2,1H3. The van der Waals surface area contributed by atoms with Gasteiger partial charge in [-0.15, -0.1) is 0 Å². The van der Waals surface area contributed by atoms with Gasteiger partial charge in [-0.25, -0.2) is 4.39 Å². The molecule has 1 aromatic rings. The molecule has 1 aliphatic rings. The number of rotatable bonds is 3. The van der Waals surface area contributed by atoms with Gasteiger partial charge in [-0.05, 0) is 31.7 Å². The summed E-state index contributed by atoms with van der Waals surface area (Å²) in [6.45, 7) is 2.94. The summed E-state index contributed by atoms with van der Waals surface area (Å²) in [7, 11) is 0. The fourth-order valence-corrected chi connectivity index (χ4v) is 2.58. The molecule has 1 aromatic carbocycles. The third-order valence-corrected chi connectivity index (χ3v) is 3.88. The summed E-state index contributed by atoms with van der Waals surface area (Å²) in [6.07, 6.45) is 1.77. The number of nitro groups is 1. The molecule has 21 heavy (non-hydrogen) atoms. The molecule has 0 radical (unpaired) electrons. The van der Waals surface area contributed by atoms with Crippen LogP contribution in [0.1, 0.15) is 30.1 Å². The summed E-state index contributed by atoms with van der Waals surface area (Å²) in [4.78, 5) is 23.8. The zero-order chi connectivity index (χ0) is 15.6. The molecule has 1 amide bonds. The molecule has 0 aromatic heterocycles. The zero-order valence-electron chi connectivity index (χ0n) is 11.8. The molecule has 1 fully saturated rings. The van der Waals surface area contributed by atoms with Gasteiger partial charge < -0.3 is 10.6 Å². The highest BCUT2D eigenvalue weighted by molar-refractivity contribution is 5.94. The van der Waals surface area contributed by atoms with E-state index >= 15 is 0 Å². The van der Waals surface area contributed by atoms with Crippen LogP contribution in [-0.2, 0) is 0 Å². The monoisotopic (exact) mass is 295 g/mol. The molecular weight excluding hydrogens is 277 g/mol. The lowest BCUT2D eigenvalue weighted by Crippen LogP contribution is -2.45. The molecule has 0 bridgehead atoms. The summed E-state index contributed by atoms with van der Waals surface area (Å²) < 4.78 is 13.9. The Morgan fingerprint density at radius 3 is 2.86 bits per heavy atom. The highest BCUT2D eigenvalue weighted by Crippen LogP contribution is 2.23. The van der Waals surface area contributed by atoms with Gasteiger partial charge >= 0.3 is 0 Å². The molecule has 1 heterocycles. The van der Waals surface area contributed by atoms with E-state index in [-0.39, 0.29) is 23.2 Å². The lowest BCUT2D eigenvalue weighted by Gasteiger charge is -2.34. The number of likely N-dealkylation sites (tertiary alicyclic amines) is 1. The van der Waals surface area contributed by atoms with Gasteiger partial charge in [0.1, 0.15) is 5.82 Å². The van der Waals surface area contributed by atoms with Crippen molar-refractivity contribution in [3.05, 3.63) is 39.7 Å². The number of carbonyl (C=O) groups is 1. The maximum absolute atomic E-state index is 13.9. The van der Waals surface area contributed by atoms with Crippen LogP contribution in [0.2, 0.25) is 0 Å². The summed E-state index contributed by atoms with van der Waals surface area (Å²) in [5, 5.41) is 10.6. The molecule has 0 saturated carbocycles. The number of piperidine rings is 1. The molecule has 2 N–H and O–H groups in total. The van der Waals surface area contributed by atoms with E-state index in [1.807, 2.05) is 6.92 Å².